The van der Waals surface area contributed by atoms with Gasteiger partial charge in [0.05, 0.1) is 11.2 Å². The van der Waals surface area contributed by atoms with Crippen molar-refractivity contribution >= 4 is 17.2 Å². The summed E-state index contributed by atoms with van der Waals surface area (Å²) >= 11 is 1.57. The molecule has 0 bridgehead atoms. The van der Waals surface area contributed by atoms with Crippen LogP contribution in [0.4, 0.5) is 0 Å². The average Bonchev–Trinajstić information content (AvgIpc) is 2.55. The lowest BCUT2D eigenvalue weighted by atomic mass is 10.1. The third-order valence-electron chi connectivity index (χ3n) is 1.86. The summed E-state index contributed by atoms with van der Waals surface area (Å²) in [6.45, 7) is 1.93. The summed E-state index contributed by atoms with van der Waals surface area (Å²) in [5.74, 6) is 0.185. The van der Waals surface area contributed by atoms with Crippen molar-refractivity contribution in [3.05, 3.63) is 16.6 Å². The van der Waals surface area contributed by atoms with Gasteiger partial charge in [-0.05, 0) is 0 Å². The highest BCUT2D eigenvalue weighted by Crippen LogP contribution is 2.10. The van der Waals surface area contributed by atoms with Gasteiger partial charge in [-0.2, -0.15) is 0 Å². The molecule has 0 radical (unpaired) electrons. The second-order valence-corrected chi connectivity index (χ2v) is 4.04. The molecule has 3 nitrogen and oxygen atoms in total. The molecule has 0 aromatic carbocycles. The molecule has 0 saturated carbocycles. The standard InChI is InChI=1S/C9H14N2OS/c1-7(9(12)11(2)3)4-8-5-13-6-10-8/h5-7H,4H2,1-3H3. The Morgan fingerprint density at radius 1 is 1.69 bits per heavy atom. The van der Waals surface area contributed by atoms with Gasteiger partial charge in [0.25, 0.3) is 0 Å². The molecule has 1 aromatic rings. The number of amides is 1. The van der Waals surface area contributed by atoms with Crippen LogP contribution in [0.3, 0.4) is 0 Å². The molecule has 72 valence electrons. The van der Waals surface area contributed by atoms with Crippen molar-refractivity contribution in [1.82, 2.24) is 9.88 Å². The largest absolute Gasteiger partial charge is 0.349 e. The number of carbonyl (C=O) groups excluding carboxylic acids is 1. The average molecular weight is 198 g/mol. The third-order valence-corrected chi connectivity index (χ3v) is 2.50. The molecule has 0 aliphatic carbocycles. The zero-order valence-electron chi connectivity index (χ0n) is 8.15. The van der Waals surface area contributed by atoms with E-state index in [1.807, 2.05) is 12.3 Å². The lowest BCUT2D eigenvalue weighted by Crippen LogP contribution is -2.29. The van der Waals surface area contributed by atoms with Gasteiger partial charge in [0.2, 0.25) is 5.91 Å². The molecule has 1 amide bonds. The highest BCUT2D eigenvalue weighted by Gasteiger charge is 2.15. The molecule has 1 aromatic heterocycles. The van der Waals surface area contributed by atoms with Gasteiger partial charge in [-0.15, -0.1) is 11.3 Å². The zero-order valence-corrected chi connectivity index (χ0v) is 8.97. The number of hydrogen-bond donors (Lipinski definition) is 0. The fraction of sp³-hybridized carbons (Fsp3) is 0.556. The predicted molar refractivity (Wildman–Crippen MR) is 53.7 cm³/mol. The van der Waals surface area contributed by atoms with Crippen molar-refractivity contribution in [3.63, 3.8) is 0 Å². The van der Waals surface area contributed by atoms with Crippen LogP contribution >= 0.6 is 11.3 Å². The van der Waals surface area contributed by atoms with E-state index in [-0.39, 0.29) is 11.8 Å². The van der Waals surface area contributed by atoms with E-state index in [2.05, 4.69) is 4.98 Å². The lowest BCUT2D eigenvalue weighted by Gasteiger charge is -2.15. The second-order valence-electron chi connectivity index (χ2n) is 3.32. The zero-order chi connectivity index (χ0) is 9.84. The molecule has 1 atom stereocenters. The fourth-order valence-electron chi connectivity index (χ4n) is 1.18. The molecule has 4 heteroatoms. The van der Waals surface area contributed by atoms with Crippen LogP contribution in [-0.2, 0) is 11.2 Å². The maximum Gasteiger partial charge on any atom is 0.225 e. The quantitative estimate of drug-likeness (QED) is 0.735. The van der Waals surface area contributed by atoms with Crippen molar-refractivity contribution in [2.24, 2.45) is 5.92 Å². The first-order valence-corrected chi connectivity index (χ1v) is 5.13. The Bertz CT molecular complexity index is 269. The fourth-order valence-corrected chi connectivity index (χ4v) is 1.75. The van der Waals surface area contributed by atoms with Gasteiger partial charge in [0, 0.05) is 31.8 Å². The summed E-state index contributed by atoms with van der Waals surface area (Å²) in [6.07, 6.45) is 0.737. The summed E-state index contributed by atoms with van der Waals surface area (Å²) in [5, 5.41) is 1.99. The first kappa shape index (κ1) is 10.2. The maximum absolute atomic E-state index is 11.5. The molecule has 0 spiro atoms. The third kappa shape index (κ3) is 2.81. The molecular formula is C9H14N2OS. The van der Waals surface area contributed by atoms with E-state index in [9.17, 15) is 4.79 Å². The minimum absolute atomic E-state index is 0.0251. The molecule has 1 heterocycles. The number of thiazole rings is 1. The normalized spacial score (nSPS) is 12.5. The number of nitrogens with zero attached hydrogens (tertiary/aromatic N) is 2. The smallest absolute Gasteiger partial charge is 0.225 e. The van der Waals surface area contributed by atoms with E-state index in [4.69, 9.17) is 0 Å². The molecular weight excluding hydrogens is 184 g/mol. The van der Waals surface area contributed by atoms with Gasteiger partial charge in [0.1, 0.15) is 0 Å². The van der Waals surface area contributed by atoms with E-state index in [1.165, 1.54) is 0 Å². The van der Waals surface area contributed by atoms with Gasteiger partial charge in [-0.25, -0.2) is 4.98 Å². The number of rotatable bonds is 3. The first-order valence-electron chi connectivity index (χ1n) is 4.19. The highest BCUT2D eigenvalue weighted by molar-refractivity contribution is 7.07. The summed E-state index contributed by atoms with van der Waals surface area (Å²) in [7, 11) is 3.56. The van der Waals surface area contributed by atoms with E-state index in [1.54, 1.807) is 35.8 Å². The van der Waals surface area contributed by atoms with Crippen LogP contribution in [0.25, 0.3) is 0 Å². The Kier molecular flexibility index (Phi) is 3.42. The van der Waals surface area contributed by atoms with E-state index in [0.717, 1.165) is 12.1 Å². The van der Waals surface area contributed by atoms with Crippen LogP contribution < -0.4 is 0 Å². The van der Waals surface area contributed by atoms with Crippen LogP contribution in [0.5, 0.6) is 0 Å². The predicted octanol–water partition coefficient (Wildman–Crippen LogP) is 1.41. The summed E-state index contributed by atoms with van der Waals surface area (Å²) < 4.78 is 0. The van der Waals surface area contributed by atoms with Gasteiger partial charge in [-0.1, -0.05) is 6.92 Å². The molecule has 0 N–H and O–H groups in total. The van der Waals surface area contributed by atoms with Crippen LogP contribution in [0, 0.1) is 5.92 Å². The van der Waals surface area contributed by atoms with Crippen molar-refractivity contribution in [1.29, 1.82) is 0 Å². The minimum atomic E-state index is 0.0251. The summed E-state index contributed by atoms with van der Waals surface area (Å²) in [4.78, 5) is 17.2. The van der Waals surface area contributed by atoms with Crippen molar-refractivity contribution in [2.45, 2.75) is 13.3 Å². The monoisotopic (exact) mass is 198 g/mol. The molecule has 0 aliphatic heterocycles. The topological polar surface area (TPSA) is 33.2 Å². The Hall–Kier alpha value is -0.900. The first-order chi connectivity index (χ1) is 6.11. The van der Waals surface area contributed by atoms with Crippen LogP contribution in [0.2, 0.25) is 0 Å². The molecule has 1 unspecified atom stereocenters. The summed E-state index contributed by atoms with van der Waals surface area (Å²) in [5.41, 5.74) is 2.80. The lowest BCUT2D eigenvalue weighted by molar-refractivity contribution is -0.132. The number of aromatic nitrogens is 1. The number of carbonyl (C=O) groups is 1. The van der Waals surface area contributed by atoms with Gasteiger partial charge in [0.15, 0.2) is 0 Å². The molecule has 0 fully saturated rings. The van der Waals surface area contributed by atoms with Gasteiger partial charge < -0.3 is 4.90 Å². The van der Waals surface area contributed by atoms with Crippen LogP contribution in [-0.4, -0.2) is 29.9 Å². The Morgan fingerprint density at radius 3 is 2.85 bits per heavy atom. The molecule has 1 rings (SSSR count). The van der Waals surface area contributed by atoms with Gasteiger partial charge in [-0.3, -0.25) is 4.79 Å². The molecule has 0 aliphatic rings. The van der Waals surface area contributed by atoms with Gasteiger partial charge >= 0.3 is 0 Å². The van der Waals surface area contributed by atoms with Crippen molar-refractivity contribution in [2.75, 3.05) is 14.1 Å². The SMILES string of the molecule is CC(Cc1cscn1)C(=O)N(C)C. The van der Waals surface area contributed by atoms with E-state index >= 15 is 0 Å². The Balaban J connectivity index is 2.51. The Morgan fingerprint density at radius 2 is 2.38 bits per heavy atom. The second kappa shape index (κ2) is 4.37. The van der Waals surface area contributed by atoms with E-state index < -0.39 is 0 Å². The minimum Gasteiger partial charge on any atom is -0.349 e. The highest BCUT2D eigenvalue weighted by atomic mass is 32.1. The van der Waals surface area contributed by atoms with Crippen LogP contribution in [0.15, 0.2) is 10.9 Å². The van der Waals surface area contributed by atoms with E-state index in [0.29, 0.717) is 0 Å². The number of hydrogen-bond acceptors (Lipinski definition) is 3. The maximum atomic E-state index is 11.5. The Labute approximate surface area is 82.4 Å². The van der Waals surface area contributed by atoms with Crippen LogP contribution in [0.1, 0.15) is 12.6 Å². The molecule has 13 heavy (non-hydrogen) atoms. The molecule has 0 saturated heterocycles. The van der Waals surface area contributed by atoms with Crippen molar-refractivity contribution < 1.29 is 4.79 Å². The summed E-state index contributed by atoms with van der Waals surface area (Å²) in [6, 6.07) is 0. The van der Waals surface area contributed by atoms with Crippen molar-refractivity contribution in [3.8, 4) is 0 Å².